The molecule has 1 aliphatic heterocycles. The van der Waals surface area contributed by atoms with Crippen LogP contribution in [0.4, 0.5) is 0 Å². The van der Waals surface area contributed by atoms with Gasteiger partial charge in [0.1, 0.15) is 17.1 Å². The molecule has 158 valence electrons. The minimum atomic E-state index is -4.18. The van der Waals surface area contributed by atoms with Gasteiger partial charge in [-0.25, -0.2) is 0 Å². The van der Waals surface area contributed by atoms with Gasteiger partial charge >= 0.3 is 7.60 Å². The molecule has 0 amide bonds. The van der Waals surface area contributed by atoms with E-state index in [0.717, 1.165) is 36.5 Å². The van der Waals surface area contributed by atoms with Gasteiger partial charge < -0.3 is 19.3 Å². The van der Waals surface area contributed by atoms with Crippen molar-refractivity contribution in [2.45, 2.75) is 71.8 Å². The highest BCUT2D eigenvalue weighted by atomic mass is 31.2. The van der Waals surface area contributed by atoms with Crippen molar-refractivity contribution >= 4 is 7.60 Å². The Morgan fingerprint density at radius 3 is 2.71 bits per heavy atom. The number of allylic oxidation sites excluding steroid dienone is 1. The first-order valence-electron chi connectivity index (χ1n) is 10.2. The first-order valence-corrected chi connectivity index (χ1v) is 12.0. The molecule has 2 atom stereocenters. The molecule has 6 heteroatoms. The number of fused-ring (bicyclic) bond motifs is 1. The number of hydrogen-bond acceptors (Lipinski definition) is 3. The number of benzene rings is 1. The van der Waals surface area contributed by atoms with Gasteiger partial charge in [-0.3, -0.25) is 4.57 Å². The second kappa shape index (κ2) is 9.96. The Balaban J connectivity index is 1.88. The maximum Gasteiger partial charge on any atom is 0.362 e. The zero-order valence-electron chi connectivity index (χ0n) is 17.6. The minimum Gasteiger partial charge on any atom is -0.483 e. The van der Waals surface area contributed by atoms with Crippen LogP contribution in [0.15, 0.2) is 30.4 Å². The van der Waals surface area contributed by atoms with Gasteiger partial charge in [0, 0.05) is 0 Å². The van der Waals surface area contributed by atoms with Gasteiger partial charge in [-0.15, -0.1) is 0 Å². The molecule has 0 saturated heterocycles. The molecule has 1 aliphatic rings. The number of aryl methyl sites for hydroxylation is 1. The molecule has 5 nitrogen and oxygen atoms in total. The molecular weight excluding hydrogens is 375 g/mol. The Labute approximate surface area is 169 Å². The SMILES string of the molecule is CC(C)CCCC(C)CC=CC1(C)CCc2cc(OCP(=O)(O)O)ccc2O1. The van der Waals surface area contributed by atoms with Crippen molar-refractivity contribution in [3.63, 3.8) is 0 Å². The van der Waals surface area contributed by atoms with Crippen molar-refractivity contribution in [3.05, 3.63) is 35.9 Å². The molecule has 0 radical (unpaired) electrons. The van der Waals surface area contributed by atoms with Crippen LogP contribution in [-0.4, -0.2) is 21.7 Å². The van der Waals surface area contributed by atoms with Crippen molar-refractivity contribution < 1.29 is 23.8 Å². The van der Waals surface area contributed by atoms with Gasteiger partial charge in [0.2, 0.25) is 0 Å². The van der Waals surface area contributed by atoms with Crippen molar-refractivity contribution in [1.82, 2.24) is 0 Å². The maximum atomic E-state index is 11.0. The zero-order chi connectivity index (χ0) is 20.8. The number of hydrogen-bond donors (Lipinski definition) is 2. The third-order valence-electron chi connectivity index (χ3n) is 5.15. The van der Waals surface area contributed by atoms with E-state index in [1.807, 2.05) is 12.1 Å². The van der Waals surface area contributed by atoms with E-state index < -0.39 is 13.9 Å². The van der Waals surface area contributed by atoms with E-state index in [1.54, 1.807) is 6.07 Å². The van der Waals surface area contributed by atoms with Crippen molar-refractivity contribution in [2.75, 3.05) is 6.35 Å². The van der Waals surface area contributed by atoms with E-state index in [9.17, 15) is 4.57 Å². The molecule has 0 aliphatic carbocycles. The third-order valence-corrected chi connectivity index (χ3v) is 5.62. The van der Waals surface area contributed by atoms with Crippen LogP contribution in [-0.2, 0) is 11.0 Å². The summed E-state index contributed by atoms with van der Waals surface area (Å²) in [5, 5.41) is 0. The fourth-order valence-corrected chi connectivity index (χ4v) is 3.76. The smallest absolute Gasteiger partial charge is 0.362 e. The Kier molecular flexibility index (Phi) is 8.18. The Hall–Kier alpha value is -1.29. The third kappa shape index (κ3) is 7.98. The molecule has 0 aromatic heterocycles. The summed E-state index contributed by atoms with van der Waals surface area (Å²) in [6.45, 7) is 8.96. The van der Waals surface area contributed by atoms with E-state index in [4.69, 9.17) is 19.3 Å². The van der Waals surface area contributed by atoms with Crippen LogP contribution >= 0.6 is 7.60 Å². The lowest BCUT2D eigenvalue weighted by atomic mass is 9.91. The lowest BCUT2D eigenvalue weighted by molar-refractivity contribution is 0.114. The second-order valence-electron chi connectivity index (χ2n) is 8.69. The van der Waals surface area contributed by atoms with Crippen LogP contribution in [0.5, 0.6) is 11.5 Å². The fraction of sp³-hybridized carbons (Fsp3) is 0.636. The summed E-state index contributed by atoms with van der Waals surface area (Å²) in [4.78, 5) is 17.9. The van der Waals surface area contributed by atoms with Crippen molar-refractivity contribution in [1.29, 1.82) is 0 Å². The first kappa shape index (κ1) is 23.0. The van der Waals surface area contributed by atoms with Gasteiger partial charge in [0.05, 0.1) is 0 Å². The zero-order valence-corrected chi connectivity index (χ0v) is 18.5. The van der Waals surface area contributed by atoms with Crippen LogP contribution in [0, 0.1) is 11.8 Å². The van der Waals surface area contributed by atoms with E-state index in [1.165, 1.54) is 19.3 Å². The van der Waals surface area contributed by atoms with E-state index >= 15 is 0 Å². The Bertz CT molecular complexity index is 709. The summed E-state index contributed by atoms with van der Waals surface area (Å²) >= 11 is 0. The van der Waals surface area contributed by atoms with Gasteiger partial charge in [-0.05, 0) is 67.9 Å². The molecule has 2 N–H and O–H groups in total. The highest BCUT2D eigenvalue weighted by molar-refractivity contribution is 7.51. The monoisotopic (exact) mass is 410 g/mol. The molecule has 1 heterocycles. The van der Waals surface area contributed by atoms with Crippen molar-refractivity contribution in [3.8, 4) is 11.5 Å². The second-order valence-corrected chi connectivity index (χ2v) is 10.3. The first-order chi connectivity index (χ1) is 13.1. The van der Waals surface area contributed by atoms with E-state index in [2.05, 4.69) is 39.8 Å². The van der Waals surface area contributed by atoms with Crippen LogP contribution in [0.3, 0.4) is 0 Å². The molecular formula is C22H35O5P. The average Bonchev–Trinajstić information content (AvgIpc) is 2.59. The molecule has 1 aromatic rings. The number of ether oxygens (including phenoxy) is 2. The maximum absolute atomic E-state index is 11.0. The summed E-state index contributed by atoms with van der Waals surface area (Å²) in [5.41, 5.74) is 0.690. The topological polar surface area (TPSA) is 76.0 Å². The predicted molar refractivity (Wildman–Crippen MR) is 113 cm³/mol. The van der Waals surface area contributed by atoms with Gasteiger partial charge in [0.15, 0.2) is 6.35 Å². The van der Waals surface area contributed by atoms with Crippen LogP contribution in [0.2, 0.25) is 0 Å². The van der Waals surface area contributed by atoms with E-state index in [0.29, 0.717) is 11.7 Å². The fourth-order valence-electron chi connectivity index (χ4n) is 3.44. The molecule has 2 rings (SSSR count). The van der Waals surface area contributed by atoms with Gasteiger partial charge in [-0.2, -0.15) is 0 Å². The predicted octanol–water partition coefficient (Wildman–Crippen LogP) is 5.69. The van der Waals surface area contributed by atoms with E-state index in [-0.39, 0.29) is 5.60 Å². The summed E-state index contributed by atoms with van der Waals surface area (Å²) in [5.74, 6) is 2.73. The van der Waals surface area contributed by atoms with Crippen LogP contribution in [0.1, 0.15) is 65.4 Å². The minimum absolute atomic E-state index is 0.321. The molecule has 28 heavy (non-hydrogen) atoms. The average molecular weight is 410 g/mol. The Morgan fingerprint density at radius 1 is 1.29 bits per heavy atom. The molecule has 1 aromatic carbocycles. The van der Waals surface area contributed by atoms with Gasteiger partial charge in [0.25, 0.3) is 0 Å². The molecule has 0 fully saturated rings. The molecule has 2 unspecified atom stereocenters. The highest BCUT2D eigenvalue weighted by Gasteiger charge is 2.29. The molecule has 0 saturated carbocycles. The quantitative estimate of drug-likeness (QED) is 0.383. The van der Waals surface area contributed by atoms with Crippen LogP contribution in [0.25, 0.3) is 0 Å². The lowest BCUT2D eigenvalue weighted by Crippen LogP contribution is -2.34. The molecule has 0 spiro atoms. The standard InChI is InChI=1S/C22H35O5P/c1-17(2)7-5-8-18(3)9-6-13-22(4)14-12-19-15-20(10-11-21(19)27-22)26-16-28(23,24)25/h6,10-11,13,15,17-18H,5,7-9,12,14,16H2,1-4H3,(H2,23,24,25). The summed E-state index contributed by atoms with van der Waals surface area (Å²) in [6, 6.07) is 5.33. The van der Waals surface area contributed by atoms with Gasteiger partial charge in [-0.1, -0.05) is 46.1 Å². The highest BCUT2D eigenvalue weighted by Crippen LogP contribution is 2.38. The largest absolute Gasteiger partial charge is 0.483 e. The summed E-state index contributed by atoms with van der Waals surface area (Å²) in [7, 11) is -4.18. The Morgan fingerprint density at radius 2 is 2.04 bits per heavy atom. The van der Waals surface area contributed by atoms with Crippen LogP contribution < -0.4 is 9.47 Å². The van der Waals surface area contributed by atoms with Crippen molar-refractivity contribution in [2.24, 2.45) is 11.8 Å². The lowest BCUT2D eigenvalue weighted by Gasteiger charge is -2.33. The normalized spacial score (nSPS) is 20.8. The number of rotatable bonds is 10. The molecule has 0 bridgehead atoms. The summed E-state index contributed by atoms with van der Waals surface area (Å²) in [6.07, 6.45) is 10.5. The summed E-state index contributed by atoms with van der Waals surface area (Å²) < 4.78 is 22.4.